The first-order valence-electron chi connectivity index (χ1n) is 5.87. The molecule has 0 aliphatic heterocycles. The van der Waals surface area contributed by atoms with Crippen LogP contribution in [0.5, 0.6) is 0 Å². The molecular weight excluding hydrogens is 255 g/mol. The molecule has 1 atom stereocenters. The summed E-state index contributed by atoms with van der Waals surface area (Å²) in [5, 5.41) is 19.0. The van der Waals surface area contributed by atoms with Gasteiger partial charge in [0.15, 0.2) is 5.76 Å². The summed E-state index contributed by atoms with van der Waals surface area (Å²) in [6.45, 7) is 3.20. The fraction of sp³-hybridized carbons (Fsp3) is 0.385. The highest BCUT2D eigenvalue weighted by molar-refractivity contribution is 6.08. The molecule has 0 radical (unpaired) electrons. The molecule has 1 heterocycles. The number of carboxylic acids is 1. The third-order valence-electron chi connectivity index (χ3n) is 3.15. The molecule has 2 N–H and O–H groups in total. The maximum absolute atomic E-state index is 14.0. The average Bonchev–Trinajstić information content (AvgIpc) is 2.70. The lowest BCUT2D eigenvalue weighted by molar-refractivity contribution is -0.121. The molecule has 102 valence electrons. The molecule has 0 bridgehead atoms. The van der Waals surface area contributed by atoms with Crippen LogP contribution < -0.4 is 0 Å². The van der Waals surface area contributed by atoms with Crippen molar-refractivity contribution in [2.24, 2.45) is 0 Å². The molecule has 0 fully saturated rings. The highest BCUT2D eigenvalue weighted by Gasteiger charge is 2.40. The zero-order chi connectivity index (χ0) is 14.3. The summed E-state index contributed by atoms with van der Waals surface area (Å²) in [5.74, 6) is -3.47. The third-order valence-corrected chi connectivity index (χ3v) is 3.15. The first-order valence-corrected chi connectivity index (χ1v) is 5.87. The second kappa shape index (κ2) is 4.53. The fourth-order valence-electron chi connectivity index (χ4n) is 2.24. The Morgan fingerprint density at radius 3 is 2.63 bits per heavy atom. The van der Waals surface area contributed by atoms with Crippen LogP contribution in [0.1, 0.15) is 53.4 Å². The number of carboxylic acid groups (broad SMARTS) is 1. The van der Waals surface area contributed by atoms with Crippen LogP contribution in [0.25, 0.3) is 5.76 Å². The van der Waals surface area contributed by atoms with Crippen LogP contribution in [0.4, 0.5) is 4.39 Å². The predicted molar refractivity (Wildman–Crippen MR) is 63.7 cm³/mol. The topological polar surface area (TPSA) is 87.7 Å². The van der Waals surface area contributed by atoms with Gasteiger partial charge in [0.2, 0.25) is 17.7 Å². The van der Waals surface area contributed by atoms with Gasteiger partial charge in [-0.1, -0.05) is 13.3 Å². The third kappa shape index (κ3) is 1.83. The quantitative estimate of drug-likeness (QED) is 0.879. The SMILES string of the molecule is CCCC1=C(O)c2c(oc(C(=O)O)c2C)C(F)C1=O. The first kappa shape index (κ1) is 13.3. The number of carbonyl (C=O) groups is 2. The van der Waals surface area contributed by atoms with E-state index in [0.717, 1.165) is 0 Å². The second-order valence-electron chi connectivity index (χ2n) is 4.40. The predicted octanol–water partition coefficient (Wildman–Crippen LogP) is 2.95. The normalized spacial score (nSPS) is 18.7. The van der Waals surface area contributed by atoms with Crippen LogP contribution in [0.2, 0.25) is 0 Å². The standard InChI is InChI=1S/C13H13FO5/c1-3-4-6-9(15)7-5(2)11(13(17)18)19-12(7)8(14)10(6)16/h8,15H,3-4H2,1-2H3,(H,17,18). The van der Waals surface area contributed by atoms with Gasteiger partial charge >= 0.3 is 5.97 Å². The molecule has 6 heteroatoms. The average molecular weight is 268 g/mol. The van der Waals surface area contributed by atoms with Gasteiger partial charge in [-0.05, 0) is 13.3 Å². The van der Waals surface area contributed by atoms with Crippen molar-refractivity contribution in [1.82, 2.24) is 0 Å². The van der Waals surface area contributed by atoms with Crippen molar-refractivity contribution in [3.63, 3.8) is 0 Å². The highest BCUT2D eigenvalue weighted by Crippen LogP contribution is 2.41. The van der Waals surface area contributed by atoms with E-state index in [1.54, 1.807) is 6.92 Å². The van der Waals surface area contributed by atoms with E-state index in [1.807, 2.05) is 0 Å². The number of ketones is 1. The Kier molecular flexibility index (Phi) is 3.18. The number of hydrogen-bond acceptors (Lipinski definition) is 4. The molecule has 0 saturated carbocycles. The van der Waals surface area contributed by atoms with Gasteiger partial charge in [-0.15, -0.1) is 0 Å². The van der Waals surface area contributed by atoms with Gasteiger partial charge < -0.3 is 14.6 Å². The Morgan fingerprint density at radius 1 is 1.47 bits per heavy atom. The van der Waals surface area contributed by atoms with Gasteiger partial charge in [0.1, 0.15) is 5.76 Å². The molecule has 5 nitrogen and oxygen atoms in total. The summed E-state index contributed by atoms with van der Waals surface area (Å²) >= 11 is 0. The van der Waals surface area contributed by atoms with Crippen molar-refractivity contribution in [3.05, 3.63) is 28.2 Å². The molecule has 19 heavy (non-hydrogen) atoms. The van der Waals surface area contributed by atoms with Crippen molar-refractivity contribution >= 4 is 17.5 Å². The number of aliphatic hydroxyl groups excluding tert-OH is 1. The van der Waals surface area contributed by atoms with Gasteiger partial charge in [-0.3, -0.25) is 4.79 Å². The number of hydrogen-bond donors (Lipinski definition) is 2. The number of Topliss-reactive ketones (excluding diaryl/α,β-unsaturated/α-hetero) is 1. The molecule has 0 aromatic carbocycles. The Labute approximate surface area is 108 Å². The number of alkyl halides is 1. The van der Waals surface area contributed by atoms with E-state index in [1.165, 1.54) is 6.92 Å². The highest BCUT2D eigenvalue weighted by atomic mass is 19.1. The van der Waals surface area contributed by atoms with Crippen molar-refractivity contribution in [3.8, 4) is 0 Å². The number of halogens is 1. The zero-order valence-electron chi connectivity index (χ0n) is 10.5. The zero-order valence-corrected chi connectivity index (χ0v) is 10.5. The van der Waals surface area contributed by atoms with Gasteiger partial charge in [0.25, 0.3) is 0 Å². The van der Waals surface area contributed by atoms with E-state index in [0.29, 0.717) is 6.42 Å². The Bertz CT molecular complexity index is 596. The molecule has 1 aliphatic rings. The Hall–Kier alpha value is -2.11. The number of rotatable bonds is 3. The number of carbonyl (C=O) groups excluding carboxylic acids is 1. The maximum Gasteiger partial charge on any atom is 0.372 e. The molecule has 0 amide bonds. The van der Waals surface area contributed by atoms with E-state index in [9.17, 15) is 19.1 Å². The number of allylic oxidation sites excluding steroid dienone is 1. The molecule has 2 rings (SSSR count). The summed E-state index contributed by atoms with van der Waals surface area (Å²) in [4.78, 5) is 22.7. The molecule has 1 aromatic rings. The number of aliphatic hydroxyl groups is 1. The van der Waals surface area contributed by atoms with Crippen LogP contribution in [-0.2, 0) is 4.79 Å². The van der Waals surface area contributed by atoms with Gasteiger partial charge in [-0.2, -0.15) is 0 Å². The van der Waals surface area contributed by atoms with E-state index in [4.69, 9.17) is 9.52 Å². The summed E-state index contributed by atoms with van der Waals surface area (Å²) in [7, 11) is 0. The molecule has 1 unspecified atom stereocenters. The summed E-state index contributed by atoms with van der Waals surface area (Å²) < 4.78 is 18.9. The summed E-state index contributed by atoms with van der Waals surface area (Å²) in [6, 6.07) is 0. The van der Waals surface area contributed by atoms with Crippen molar-refractivity contribution < 1.29 is 28.6 Å². The van der Waals surface area contributed by atoms with Crippen LogP contribution in [-0.4, -0.2) is 22.0 Å². The number of furan rings is 1. The minimum Gasteiger partial charge on any atom is -0.507 e. The van der Waals surface area contributed by atoms with Gasteiger partial charge in [-0.25, -0.2) is 9.18 Å². The van der Waals surface area contributed by atoms with Crippen LogP contribution in [0.3, 0.4) is 0 Å². The maximum atomic E-state index is 14.0. The summed E-state index contributed by atoms with van der Waals surface area (Å²) in [6.07, 6.45) is -1.26. The van der Waals surface area contributed by atoms with E-state index < -0.39 is 29.4 Å². The van der Waals surface area contributed by atoms with Crippen LogP contribution in [0.15, 0.2) is 9.99 Å². The Balaban J connectivity index is 2.70. The summed E-state index contributed by atoms with van der Waals surface area (Å²) in [5.41, 5.74) is 0.111. The van der Waals surface area contributed by atoms with Crippen molar-refractivity contribution in [1.29, 1.82) is 0 Å². The van der Waals surface area contributed by atoms with Crippen LogP contribution in [0, 0.1) is 6.92 Å². The van der Waals surface area contributed by atoms with E-state index in [2.05, 4.69) is 0 Å². The molecule has 1 aliphatic carbocycles. The fourth-order valence-corrected chi connectivity index (χ4v) is 2.24. The number of fused-ring (bicyclic) bond motifs is 1. The monoisotopic (exact) mass is 268 g/mol. The largest absolute Gasteiger partial charge is 0.507 e. The smallest absolute Gasteiger partial charge is 0.372 e. The van der Waals surface area contributed by atoms with Gasteiger partial charge in [0.05, 0.1) is 5.56 Å². The van der Waals surface area contributed by atoms with Gasteiger partial charge in [0, 0.05) is 11.1 Å². The lowest BCUT2D eigenvalue weighted by Gasteiger charge is -2.17. The van der Waals surface area contributed by atoms with Crippen LogP contribution >= 0.6 is 0 Å². The minimum atomic E-state index is -2.06. The molecular formula is C13H13FO5. The Morgan fingerprint density at radius 2 is 2.11 bits per heavy atom. The second-order valence-corrected chi connectivity index (χ2v) is 4.40. The minimum absolute atomic E-state index is 0.00653. The van der Waals surface area contributed by atoms with E-state index in [-0.39, 0.29) is 28.9 Å². The lowest BCUT2D eigenvalue weighted by atomic mass is 9.89. The molecule has 0 spiro atoms. The van der Waals surface area contributed by atoms with E-state index >= 15 is 0 Å². The molecule has 0 saturated heterocycles. The van der Waals surface area contributed by atoms with Crippen molar-refractivity contribution in [2.45, 2.75) is 32.9 Å². The number of aromatic carboxylic acids is 1. The molecule has 1 aromatic heterocycles. The lowest BCUT2D eigenvalue weighted by Crippen LogP contribution is -2.18. The first-order chi connectivity index (χ1) is 8.90. The van der Waals surface area contributed by atoms with Crippen molar-refractivity contribution in [2.75, 3.05) is 0 Å².